The summed E-state index contributed by atoms with van der Waals surface area (Å²) in [5.41, 5.74) is 2.86. The second-order valence-electron chi connectivity index (χ2n) is 6.29. The molecule has 2 aromatic carbocycles. The Labute approximate surface area is 146 Å². The van der Waals surface area contributed by atoms with Gasteiger partial charge in [0.15, 0.2) is 0 Å². The van der Waals surface area contributed by atoms with E-state index in [1.54, 1.807) is 0 Å². The fourth-order valence-electron chi connectivity index (χ4n) is 2.65. The number of hydrogen-bond acceptors (Lipinski definition) is 2. The standard InChI is InChI=1S/C19H20ClFN2O/c1-13-2-4-14(5-3-13)11-23(16-7-8-16)12-19(24)22-18-9-6-15(21)10-17(18)20/h2-6,9-10,16H,7-8,11-12H2,1H3,(H,22,24). The number of anilines is 1. The van der Waals surface area contributed by atoms with E-state index in [4.69, 9.17) is 11.6 Å². The third kappa shape index (κ3) is 4.56. The van der Waals surface area contributed by atoms with Gasteiger partial charge in [-0.1, -0.05) is 41.4 Å². The van der Waals surface area contributed by atoms with Crippen LogP contribution >= 0.6 is 11.6 Å². The first-order valence-electron chi connectivity index (χ1n) is 8.06. The predicted molar refractivity (Wildman–Crippen MR) is 94.7 cm³/mol. The van der Waals surface area contributed by atoms with Gasteiger partial charge >= 0.3 is 0 Å². The van der Waals surface area contributed by atoms with E-state index in [2.05, 4.69) is 41.4 Å². The van der Waals surface area contributed by atoms with Gasteiger partial charge in [-0.3, -0.25) is 9.69 Å². The van der Waals surface area contributed by atoms with Gasteiger partial charge in [-0.15, -0.1) is 0 Å². The quantitative estimate of drug-likeness (QED) is 0.841. The molecule has 0 radical (unpaired) electrons. The van der Waals surface area contributed by atoms with Crippen LogP contribution in [0.15, 0.2) is 42.5 Å². The van der Waals surface area contributed by atoms with Crippen molar-refractivity contribution >= 4 is 23.2 Å². The molecule has 5 heteroatoms. The topological polar surface area (TPSA) is 32.3 Å². The van der Waals surface area contributed by atoms with Crippen LogP contribution in [-0.4, -0.2) is 23.4 Å². The summed E-state index contributed by atoms with van der Waals surface area (Å²) in [7, 11) is 0. The number of rotatable bonds is 6. The zero-order valence-corrected chi connectivity index (χ0v) is 14.3. The first-order chi connectivity index (χ1) is 11.5. The largest absolute Gasteiger partial charge is 0.324 e. The van der Waals surface area contributed by atoms with Gasteiger partial charge in [-0.05, 0) is 43.5 Å². The number of carbonyl (C=O) groups excluding carboxylic acids is 1. The minimum absolute atomic E-state index is 0.137. The first-order valence-corrected chi connectivity index (χ1v) is 8.43. The average molecular weight is 347 g/mol. The molecule has 2 aromatic rings. The molecule has 126 valence electrons. The summed E-state index contributed by atoms with van der Waals surface area (Å²) < 4.78 is 13.1. The molecule has 1 saturated carbocycles. The number of hydrogen-bond donors (Lipinski definition) is 1. The fourth-order valence-corrected chi connectivity index (χ4v) is 2.86. The monoisotopic (exact) mass is 346 g/mol. The Morgan fingerprint density at radius 3 is 2.58 bits per heavy atom. The minimum atomic E-state index is -0.419. The second kappa shape index (κ2) is 7.32. The number of benzene rings is 2. The summed E-state index contributed by atoms with van der Waals surface area (Å²) in [6, 6.07) is 12.8. The summed E-state index contributed by atoms with van der Waals surface area (Å²) in [5.74, 6) is -0.556. The van der Waals surface area contributed by atoms with E-state index < -0.39 is 5.82 Å². The van der Waals surface area contributed by atoms with Gasteiger partial charge in [0.25, 0.3) is 0 Å². The van der Waals surface area contributed by atoms with Crippen LogP contribution < -0.4 is 5.32 Å². The van der Waals surface area contributed by atoms with Crippen molar-refractivity contribution in [1.29, 1.82) is 0 Å². The summed E-state index contributed by atoms with van der Waals surface area (Å²) >= 11 is 5.96. The fraction of sp³-hybridized carbons (Fsp3) is 0.316. The van der Waals surface area contributed by atoms with E-state index in [1.807, 2.05) is 0 Å². The summed E-state index contributed by atoms with van der Waals surface area (Å²) in [6.45, 7) is 3.10. The van der Waals surface area contributed by atoms with Crippen molar-refractivity contribution in [2.45, 2.75) is 32.4 Å². The highest BCUT2D eigenvalue weighted by atomic mass is 35.5. The highest BCUT2D eigenvalue weighted by Gasteiger charge is 2.30. The number of amides is 1. The molecule has 0 unspecified atom stereocenters. The lowest BCUT2D eigenvalue weighted by atomic mass is 10.1. The lowest BCUT2D eigenvalue weighted by Gasteiger charge is -2.21. The molecule has 1 amide bonds. The van der Waals surface area contributed by atoms with E-state index in [9.17, 15) is 9.18 Å². The molecule has 24 heavy (non-hydrogen) atoms. The maximum Gasteiger partial charge on any atom is 0.238 e. The Balaban J connectivity index is 1.62. The average Bonchev–Trinajstić information content (AvgIpc) is 3.36. The molecule has 0 bridgehead atoms. The van der Waals surface area contributed by atoms with Crippen LogP contribution in [0.1, 0.15) is 24.0 Å². The molecule has 0 aromatic heterocycles. The normalized spacial score (nSPS) is 14.0. The number of carbonyl (C=O) groups is 1. The Kier molecular flexibility index (Phi) is 5.17. The summed E-state index contributed by atoms with van der Waals surface area (Å²) in [4.78, 5) is 14.5. The molecule has 1 aliphatic rings. The van der Waals surface area contributed by atoms with E-state index in [0.29, 0.717) is 18.3 Å². The molecule has 0 heterocycles. The molecule has 1 N–H and O–H groups in total. The van der Waals surface area contributed by atoms with Crippen LogP contribution in [0.25, 0.3) is 0 Å². The lowest BCUT2D eigenvalue weighted by molar-refractivity contribution is -0.117. The highest BCUT2D eigenvalue weighted by molar-refractivity contribution is 6.33. The van der Waals surface area contributed by atoms with Crippen molar-refractivity contribution in [3.05, 3.63) is 64.4 Å². The maximum atomic E-state index is 13.1. The first kappa shape index (κ1) is 16.9. The number of aryl methyl sites for hydroxylation is 1. The zero-order valence-electron chi connectivity index (χ0n) is 13.6. The molecule has 1 aliphatic carbocycles. The van der Waals surface area contributed by atoms with E-state index >= 15 is 0 Å². The van der Waals surface area contributed by atoms with Gasteiger partial charge in [0.1, 0.15) is 5.82 Å². The van der Waals surface area contributed by atoms with E-state index in [1.165, 1.54) is 29.3 Å². The van der Waals surface area contributed by atoms with Crippen molar-refractivity contribution in [1.82, 2.24) is 4.90 Å². The second-order valence-corrected chi connectivity index (χ2v) is 6.70. The molecule has 0 spiro atoms. The Morgan fingerprint density at radius 1 is 1.25 bits per heavy atom. The Morgan fingerprint density at radius 2 is 1.96 bits per heavy atom. The molecule has 0 aliphatic heterocycles. The SMILES string of the molecule is Cc1ccc(CN(CC(=O)Nc2ccc(F)cc2Cl)C2CC2)cc1. The van der Waals surface area contributed by atoms with E-state index in [0.717, 1.165) is 19.4 Å². The number of nitrogens with zero attached hydrogens (tertiary/aromatic N) is 1. The zero-order chi connectivity index (χ0) is 17.1. The molecule has 0 saturated heterocycles. The molecular weight excluding hydrogens is 327 g/mol. The van der Waals surface area contributed by atoms with Gasteiger partial charge in [0.2, 0.25) is 5.91 Å². The third-order valence-electron chi connectivity index (χ3n) is 4.12. The van der Waals surface area contributed by atoms with Gasteiger partial charge in [0, 0.05) is 12.6 Å². The van der Waals surface area contributed by atoms with Crippen molar-refractivity contribution < 1.29 is 9.18 Å². The van der Waals surface area contributed by atoms with Gasteiger partial charge < -0.3 is 5.32 Å². The Hall–Kier alpha value is -1.91. The maximum absolute atomic E-state index is 13.1. The van der Waals surface area contributed by atoms with Gasteiger partial charge in [-0.2, -0.15) is 0 Å². The van der Waals surface area contributed by atoms with Crippen LogP contribution in [0, 0.1) is 12.7 Å². The molecule has 0 atom stereocenters. The van der Waals surface area contributed by atoms with Crippen molar-refractivity contribution in [2.75, 3.05) is 11.9 Å². The van der Waals surface area contributed by atoms with Crippen LogP contribution in [0.3, 0.4) is 0 Å². The van der Waals surface area contributed by atoms with Crippen molar-refractivity contribution in [3.63, 3.8) is 0 Å². The third-order valence-corrected chi connectivity index (χ3v) is 4.43. The lowest BCUT2D eigenvalue weighted by Crippen LogP contribution is -2.34. The molecule has 3 nitrogen and oxygen atoms in total. The predicted octanol–water partition coefficient (Wildman–Crippen LogP) is 4.39. The smallest absolute Gasteiger partial charge is 0.238 e. The van der Waals surface area contributed by atoms with Gasteiger partial charge in [0.05, 0.1) is 17.3 Å². The van der Waals surface area contributed by atoms with Crippen LogP contribution in [0.4, 0.5) is 10.1 Å². The molecule has 3 rings (SSSR count). The van der Waals surface area contributed by atoms with Crippen molar-refractivity contribution in [2.24, 2.45) is 0 Å². The van der Waals surface area contributed by atoms with Crippen LogP contribution in [-0.2, 0) is 11.3 Å². The summed E-state index contributed by atoms with van der Waals surface area (Å²) in [6.07, 6.45) is 2.24. The van der Waals surface area contributed by atoms with E-state index in [-0.39, 0.29) is 10.9 Å². The number of halogens is 2. The summed E-state index contributed by atoms with van der Waals surface area (Å²) in [5, 5.41) is 2.97. The van der Waals surface area contributed by atoms with Crippen molar-refractivity contribution in [3.8, 4) is 0 Å². The van der Waals surface area contributed by atoms with Crippen LogP contribution in [0.2, 0.25) is 5.02 Å². The minimum Gasteiger partial charge on any atom is -0.324 e. The molecular formula is C19H20ClFN2O. The van der Waals surface area contributed by atoms with Crippen LogP contribution in [0.5, 0.6) is 0 Å². The van der Waals surface area contributed by atoms with Gasteiger partial charge in [-0.25, -0.2) is 4.39 Å². The Bertz CT molecular complexity index is 729. The number of nitrogens with one attached hydrogen (secondary N) is 1. The molecule has 1 fully saturated rings. The highest BCUT2D eigenvalue weighted by Crippen LogP contribution is 2.28.